The largest absolute Gasteiger partial charge is 0.438 e. The summed E-state index contributed by atoms with van der Waals surface area (Å²) in [4.78, 5) is 8.08. The maximum Gasteiger partial charge on any atom is 0.237 e. The molecule has 6 nitrogen and oxygen atoms in total. The van der Waals surface area contributed by atoms with Crippen molar-refractivity contribution in [2.75, 3.05) is 6.61 Å². The monoisotopic (exact) mass is 456 g/mol. The Morgan fingerprint density at radius 1 is 1.09 bits per heavy atom. The van der Waals surface area contributed by atoms with Gasteiger partial charge in [-0.3, -0.25) is 4.98 Å². The molecule has 3 atom stereocenters. The molecule has 0 spiro atoms. The van der Waals surface area contributed by atoms with Crippen LogP contribution in [0.4, 0.5) is 0 Å². The first kappa shape index (κ1) is 24.1. The molecule has 4 rings (SSSR count). The Labute approximate surface area is 193 Å². The lowest BCUT2D eigenvalue weighted by molar-refractivity contribution is -0.113. The van der Waals surface area contributed by atoms with Crippen LogP contribution in [0, 0.1) is 0 Å². The smallest absolute Gasteiger partial charge is 0.237 e. The summed E-state index contributed by atoms with van der Waals surface area (Å²) in [6, 6.07) is 13.5. The summed E-state index contributed by atoms with van der Waals surface area (Å²) in [5, 5.41) is 20.2. The lowest BCUT2D eigenvalue weighted by atomic mass is 9.94. The molecule has 0 bridgehead atoms. The molecule has 1 aromatic heterocycles. The molecule has 7 heteroatoms. The minimum absolute atomic E-state index is 0.100. The van der Waals surface area contributed by atoms with Gasteiger partial charge >= 0.3 is 0 Å². The van der Waals surface area contributed by atoms with Crippen molar-refractivity contribution in [3.63, 3.8) is 0 Å². The molecule has 1 fully saturated rings. The third-order valence-corrected chi connectivity index (χ3v) is 5.47. The summed E-state index contributed by atoms with van der Waals surface area (Å²) in [7, 11) is 0. The SMILES string of the molecule is CC.OCC1CC(O)CC(c2ccc(Cl)c(Cc3ccc(Oc4cnccn4)cc3)c2)O1. The molecule has 3 aromatic rings. The zero-order chi connectivity index (χ0) is 22.9. The van der Waals surface area contributed by atoms with E-state index in [-0.39, 0.29) is 18.8 Å². The third-order valence-electron chi connectivity index (χ3n) is 5.10. The second kappa shape index (κ2) is 11.9. The van der Waals surface area contributed by atoms with Gasteiger partial charge in [0, 0.05) is 30.3 Å². The van der Waals surface area contributed by atoms with Crippen molar-refractivity contribution in [2.24, 2.45) is 0 Å². The van der Waals surface area contributed by atoms with E-state index in [1.165, 1.54) is 0 Å². The number of aliphatic hydroxyl groups is 2. The Morgan fingerprint density at radius 3 is 2.56 bits per heavy atom. The van der Waals surface area contributed by atoms with Gasteiger partial charge < -0.3 is 19.7 Å². The highest BCUT2D eigenvalue weighted by Gasteiger charge is 2.29. The summed E-state index contributed by atoms with van der Waals surface area (Å²) < 4.78 is 11.6. The fraction of sp³-hybridized carbons (Fsp3) is 0.360. The number of hydrogen-bond donors (Lipinski definition) is 2. The van der Waals surface area contributed by atoms with E-state index in [4.69, 9.17) is 21.1 Å². The van der Waals surface area contributed by atoms with Gasteiger partial charge in [0.25, 0.3) is 0 Å². The van der Waals surface area contributed by atoms with Crippen LogP contribution in [0.5, 0.6) is 11.6 Å². The molecule has 2 heterocycles. The number of rotatable bonds is 6. The standard InChI is InChI=1S/C23H23ClN2O4.C2H6/c24-21-6-3-16(22-12-18(28)11-20(14-27)29-22)10-17(21)9-15-1-4-19(5-2-15)30-23-13-25-7-8-26-23;1-2/h1-8,10,13,18,20,22,27-28H,9,11-12,14H2;1-2H3. The Kier molecular flexibility index (Phi) is 9.00. The van der Waals surface area contributed by atoms with Crippen molar-refractivity contribution in [3.05, 3.63) is 82.8 Å². The first-order chi connectivity index (χ1) is 15.6. The van der Waals surface area contributed by atoms with Crippen LogP contribution in [0.1, 0.15) is 49.5 Å². The van der Waals surface area contributed by atoms with E-state index < -0.39 is 6.10 Å². The molecule has 170 valence electrons. The van der Waals surface area contributed by atoms with Gasteiger partial charge in [-0.25, -0.2) is 4.98 Å². The van der Waals surface area contributed by atoms with E-state index >= 15 is 0 Å². The lowest BCUT2D eigenvalue weighted by Gasteiger charge is -2.32. The van der Waals surface area contributed by atoms with Crippen LogP contribution in [0.3, 0.4) is 0 Å². The number of aliphatic hydroxyl groups excluding tert-OH is 2. The Hall–Kier alpha value is -2.51. The highest BCUT2D eigenvalue weighted by atomic mass is 35.5. The molecule has 3 unspecified atom stereocenters. The van der Waals surface area contributed by atoms with Crippen LogP contribution in [-0.4, -0.2) is 39.0 Å². The second-order valence-corrected chi connectivity index (χ2v) is 7.78. The summed E-state index contributed by atoms with van der Waals surface area (Å²) in [6.07, 6.45) is 5.25. The molecular weight excluding hydrogens is 428 g/mol. The number of aromatic nitrogens is 2. The van der Waals surface area contributed by atoms with E-state index in [0.717, 1.165) is 16.7 Å². The Morgan fingerprint density at radius 2 is 1.88 bits per heavy atom. The summed E-state index contributed by atoms with van der Waals surface area (Å²) >= 11 is 6.44. The molecule has 0 radical (unpaired) electrons. The number of halogens is 1. The van der Waals surface area contributed by atoms with Crippen molar-refractivity contribution in [2.45, 2.75) is 51.4 Å². The number of ether oxygens (including phenoxy) is 2. The molecule has 32 heavy (non-hydrogen) atoms. The highest BCUT2D eigenvalue weighted by Crippen LogP contribution is 2.34. The van der Waals surface area contributed by atoms with Gasteiger partial charge in [0.15, 0.2) is 0 Å². The first-order valence-electron chi connectivity index (χ1n) is 10.9. The molecule has 0 aliphatic carbocycles. The quantitative estimate of drug-likeness (QED) is 0.536. The van der Waals surface area contributed by atoms with Crippen LogP contribution in [0.2, 0.25) is 5.02 Å². The van der Waals surface area contributed by atoms with Crippen molar-refractivity contribution >= 4 is 11.6 Å². The van der Waals surface area contributed by atoms with Crippen LogP contribution in [0.15, 0.2) is 61.1 Å². The summed E-state index contributed by atoms with van der Waals surface area (Å²) in [6.45, 7) is 3.90. The minimum atomic E-state index is -0.484. The predicted molar refractivity (Wildman–Crippen MR) is 124 cm³/mol. The second-order valence-electron chi connectivity index (χ2n) is 7.37. The molecule has 1 aliphatic rings. The average Bonchev–Trinajstić information content (AvgIpc) is 2.83. The number of nitrogens with zero attached hydrogens (tertiary/aromatic N) is 2. The average molecular weight is 457 g/mol. The summed E-state index contributed by atoms with van der Waals surface area (Å²) in [5.41, 5.74) is 3.01. The van der Waals surface area contributed by atoms with E-state index in [1.54, 1.807) is 18.6 Å². The Balaban J connectivity index is 0.00000141. The van der Waals surface area contributed by atoms with Crippen molar-refractivity contribution in [1.29, 1.82) is 0 Å². The van der Waals surface area contributed by atoms with Crippen LogP contribution in [0.25, 0.3) is 0 Å². The van der Waals surface area contributed by atoms with E-state index in [2.05, 4.69) is 9.97 Å². The van der Waals surface area contributed by atoms with Gasteiger partial charge in [0.1, 0.15) is 5.75 Å². The molecule has 2 N–H and O–H groups in total. The van der Waals surface area contributed by atoms with Gasteiger partial charge in [0.2, 0.25) is 5.88 Å². The van der Waals surface area contributed by atoms with Crippen LogP contribution in [-0.2, 0) is 11.2 Å². The van der Waals surface area contributed by atoms with Gasteiger partial charge in [0.05, 0.1) is 31.1 Å². The fourth-order valence-electron chi connectivity index (χ4n) is 3.61. The van der Waals surface area contributed by atoms with Crippen molar-refractivity contribution < 1.29 is 19.7 Å². The molecular formula is C25H29ClN2O4. The fourth-order valence-corrected chi connectivity index (χ4v) is 3.79. The zero-order valence-corrected chi connectivity index (χ0v) is 19.1. The van der Waals surface area contributed by atoms with Gasteiger partial charge in [-0.2, -0.15) is 0 Å². The number of hydrogen-bond acceptors (Lipinski definition) is 6. The third kappa shape index (κ3) is 6.50. The molecule has 2 aromatic carbocycles. The summed E-state index contributed by atoms with van der Waals surface area (Å²) in [5.74, 6) is 1.12. The number of benzene rings is 2. The van der Waals surface area contributed by atoms with Crippen molar-refractivity contribution in [3.8, 4) is 11.6 Å². The van der Waals surface area contributed by atoms with Gasteiger partial charge in [-0.05, 0) is 41.3 Å². The predicted octanol–water partition coefficient (Wildman–Crippen LogP) is 5.11. The topological polar surface area (TPSA) is 84.7 Å². The Bertz CT molecular complexity index is 969. The first-order valence-corrected chi connectivity index (χ1v) is 11.2. The zero-order valence-electron chi connectivity index (χ0n) is 18.3. The minimum Gasteiger partial charge on any atom is -0.438 e. The molecule has 0 saturated carbocycles. The maximum absolute atomic E-state index is 10.1. The van der Waals surface area contributed by atoms with Gasteiger partial charge in [-0.1, -0.05) is 49.7 Å². The van der Waals surface area contributed by atoms with E-state index in [1.807, 2.05) is 56.3 Å². The molecule has 0 amide bonds. The van der Waals surface area contributed by atoms with E-state index in [0.29, 0.717) is 35.9 Å². The molecule has 1 aliphatic heterocycles. The van der Waals surface area contributed by atoms with Gasteiger partial charge in [-0.15, -0.1) is 0 Å². The normalized spacial score (nSPS) is 20.2. The van der Waals surface area contributed by atoms with Crippen molar-refractivity contribution in [1.82, 2.24) is 9.97 Å². The maximum atomic E-state index is 10.1. The van der Waals surface area contributed by atoms with E-state index in [9.17, 15) is 10.2 Å². The molecule has 1 saturated heterocycles. The van der Waals surface area contributed by atoms with Crippen LogP contribution >= 0.6 is 11.6 Å². The highest BCUT2D eigenvalue weighted by molar-refractivity contribution is 6.31. The van der Waals surface area contributed by atoms with Crippen LogP contribution < -0.4 is 4.74 Å². The lowest BCUT2D eigenvalue weighted by Crippen LogP contribution is -2.33.